The molecule has 178 valence electrons. The lowest BCUT2D eigenvalue weighted by molar-refractivity contribution is -0.142. The number of aliphatic hydroxyl groups is 1. The first-order chi connectivity index (χ1) is 15.2. The predicted molar refractivity (Wildman–Crippen MR) is 117 cm³/mol. The average Bonchev–Trinajstić information content (AvgIpc) is 3.01. The number of ether oxygens (including phenoxy) is 2. The number of benzene rings is 1. The fourth-order valence-corrected chi connectivity index (χ4v) is 4.27. The highest BCUT2D eigenvalue weighted by Crippen LogP contribution is 2.39. The molecule has 1 unspecified atom stereocenters. The van der Waals surface area contributed by atoms with E-state index in [9.17, 15) is 23.1 Å². The van der Waals surface area contributed by atoms with E-state index in [2.05, 4.69) is 6.58 Å². The van der Waals surface area contributed by atoms with E-state index in [1.165, 1.54) is 12.1 Å². The molecule has 1 fully saturated rings. The van der Waals surface area contributed by atoms with Crippen molar-refractivity contribution in [2.75, 3.05) is 13.2 Å². The first-order valence-electron chi connectivity index (χ1n) is 10.7. The van der Waals surface area contributed by atoms with Crippen LogP contribution < -0.4 is 0 Å². The molecule has 1 aromatic rings. The van der Waals surface area contributed by atoms with Crippen LogP contribution in [0.15, 0.2) is 49.1 Å². The minimum absolute atomic E-state index is 0.00184. The second-order valence-corrected chi connectivity index (χ2v) is 8.49. The maximum Gasteiger partial charge on any atom is 0.416 e. The third-order valence-electron chi connectivity index (χ3n) is 5.50. The number of rotatable bonds is 12. The van der Waals surface area contributed by atoms with Crippen molar-refractivity contribution >= 4 is 17.6 Å². The molecule has 0 saturated heterocycles. The summed E-state index contributed by atoms with van der Waals surface area (Å²) >= 11 is 6.42. The highest BCUT2D eigenvalue weighted by molar-refractivity contribution is 6.21. The Hall–Kier alpha value is -1.83. The van der Waals surface area contributed by atoms with Crippen molar-refractivity contribution in [2.45, 2.75) is 56.4 Å². The number of carbonyl (C=O) groups is 1. The van der Waals surface area contributed by atoms with Crippen molar-refractivity contribution in [1.29, 1.82) is 0 Å². The Morgan fingerprint density at radius 1 is 1.28 bits per heavy atom. The van der Waals surface area contributed by atoms with Gasteiger partial charge in [-0.2, -0.15) is 13.2 Å². The van der Waals surface area contributed by atoms with E-state index >= 15 is 0 Å². The van der Waals surface area contributed by atoms with Gasteiger partial charge in [0.15, 0.2) is 0 Å². The van der Waals surface area contributed by atoms with Crippen LogP contribution in [0, 0.1) is 11.8 Å². The lowest BCUT2D eigenvalue weighted by Gasteiger charge is -2.22. The third kappa shape index (κ3) is 8.60. The smallest absolute Gasteiger partial charge is 0.416 e. The first kappa shape index (κ1) is 26.4. The molecule has 1 N–H and O–H groups in total. The summed E-state index contributed by atoms with van der Waals surface area (Å²) in [7, 11) is 0. The Labute approximate surface area is 192 Å². The van der Waals surface area contributed by atoms with Gasteiger partial charge in [0, 0.05) is 17.7 Å². The number of hydrogen-bond donors (Lipinski definition) is 1. The molecule has 2 rings (SSSR count). The molecule has 1 aromatic carbocycles. The van der Waals surface area contributed by atoms with Gasteiger partial charge in [-0.25, -0.2) is 0 Å². The summed E-state index contributed by atoms with van der Waals surface area (Å²) < 4.78 is 49.1. The zero-order valence-corrected chi connectivity index (χ0v) is 18.7. The summed E-state index contributed by atoms with van der Waals surface area (Å²) in [6.07, 6.45) is 3.33. The molecule has 32 heavy (non-hydrogen) atoms. The maximum atomic E-state index is 12.8. The zero-order chi connectivity index (χ0) is 23.6. The van der Waals surface area contributed by atoms with E-state index < -0.39 is 17.8 Å². The van der Waals surface area contributed by atoms with Crippen molar-refractivity contribution in [3.8, 4) is 0 Å². The van der Waals surface area contributed by atoms with Crippen LogP contribution in [0.5, 0.6) is 0 Å². The highest BCUT2D eigenvalue weighted by atomic mass is 35.5. The van der Waals surface area contributed by atoms with Crippen molar-refractivity contribution in [1.82, 2.24) is 0 Å². The molecule has 0 heterocycles. The number of carbonyl (C=O) groups excluding carboxylic acids is 1. The molecule has 0 bridgehead atoms. The Morgan fingerprint density at radius 3 is 2.78 bits per heavy atom. The van der Waals surface area contributed by atoms with E-state index in [0.717, 1.165) is 18.6 Å². The van der Waals surface area contributed by atoms with Gasteiger partial charge in [-0.15, -0.1) is 11.6 Å². The molecule has 0 aromatic heterocycles. The Kier molecular flexibility index (Phi) is 10.7. The van der Waals surface area contributed by atoms with Gasteiger partial charge in [-0.3, -0.25) is 4.79 Å². The molecule has 0 aliphatic heterocycles. The highest BCUT2D eigenvalue weighted by Gasteiger charge is 2.40. The van der Waals surface area contributed by atoms with Gasteiger partial charge in [0.25, 0.3) is 0 Å². The largest absolute Gasteiger partial charge is 0.461 e. The van der Waals surface area contributed by atoms with Crippen LogP contribution >= 0.6 is 11.6 Å². The number of esters is 1. The van der Waals surface area contributed by atoms with E-state index in [1.807, 2.05) is 12.2 Å². The number of hydrogen-bond acceptors (Lipinski definition) is 4. The second-order valence-electron chi connectivity index (χ2n) is 7.93. The normalized spacial score (nSPS) is 23.5. The number of allylic oxidation sites excluding steroid dienone is 2. The van der Waals surface area contributed by atoms with Gasteiger partial charge in [0.2, 0.25) is 0 Å². The van der Waals surface area contributed by atoms with Gasteiger partial charge in [0.1, 0.15) is 6.61 Å². The SMILES string of the molecule is C=CCOC(=O)CCC/C=C\C[C@@H]1C(COCc2cccc(C(F)(F)F)c2)[C@H](O)C[C@H]1Cl. The monoisotopic (exact) mass is 474 g/mol. The summed E-state index contributed by atoms with van der Waals surface area (Å²) in [4.78, 5) is 11.4. The van der Waals surface area contributed by atoms with Crippen LogP contribution in [0.2, 0.25) is 0 Å². The lowest BCUT2D eigenvalue weighted by atomic mass is 9.92. The van der Waals surface area contributed by atoms with E-state index in [1.54, 1.807) is 6.07 Å². The molecule has 0 spiro atoms. The van der Waals surface area contributed by atoms with Crippen LogP contribution in [-0.2, 0) is 27.1 Å². The lowest BCUT2D eigenvalue weighted by Crippen LogP contribution is -2.25. The van der Waals surface area contributed by atoms with Crippen LogP contribution in [0.1, 0.15) is 43.2 Å². The van der Waals surface area contributed by atoms with Gasteiger partial charge in [-0.1, -0.05) is 36.9 Å². The van der Waals surface area contributed by atoms with Crippen molar-refractivity contribution in [3.63, 3.8) is 0 Å². The first-order valence-corrected chi connectivity index (χ1v) is 11.1. The van der Waals surface area contributed by atoms with Crippen LogP contribution in [0.3, 0.4) is 0 Å². The zero-order valence-electron chi connectivity index (χ0n) is 17.9. The maximum absolute atomic E-state index is 12.8. The minimum Gasteiger partial charge on any atom is -0.461 e. The molecule has 1 aliphatic carbocycles. The van der Waals surface area contributed by atoms with E-state index in [-0.39, 0.29) is 43.0 Å². The van der Waals surface area contributed by atoms with Crippen LogP contribution in [-0.4, -0.2) is 35.8 Å². The predicted octanol–water partition coefficient (Wildman–Crippen LogP) is 5.67. The summed E-state index contributed by atoms with van der Waals surface area (Å²) in [5.41, 5.74) is -0.282. The topological polar surface area (TPSA) is 55.8 Å². The van der Waals surface area contributed by atoms with Gasteiger partial charge < -0.3 is 14.6 Å². The van der Waals surface area contributed by atoms with E-state index in [4.69, 9.17) is 21.1 Å². The number of halogens is 4. The summed E-state index contributed by atoms with van der Waals surface area (Å²) in [5, 5.41) is 10.2. The molecule has 4 atom stereocenters. The summed E-state index contributed by atoms with van der Waals surface area (Å²) in [6.45, 7) is 3.95. The second kappa shape index (κ2) is 13.0. The van der Waals surface area contributed by atoms with Crippen molar-refractivity contribution in [3.05, 3.63) is 60.2 Å². The van der Waals surface area contributed by atoms with Gasteiger partial charge in [0.05, 0.1) is 24.9 Å². The van der Waals surface area contributed by atoms with Crippen LogP contribution in [0.25, 0.3) is 0 Å². The molecule has 1 saturated carbocycles. The van der Waals surface area contributed by atoms with Gasteiger partial charge in [-0.05, 0) is 49.3 Å². The molecule has 0 amide bonds. The Morgan fingerprint density at radius 2 is 2.06 bits per heavy atom. The standard InChI is InChI=1S/C24H30ClF3O4/c1-2-12-32-23(30)11-6-4-3-5-10-19-20(22(29)14-21(19)25)16-31-15-17-8-7-9-18(13-17)24(26,27)28/h2-3,5,7-9,13,19-22,29H,1,4,6,10-12,14-16H2/b5-3-/t19-,20?,21-,22-/m1/s1. The molecular weight excluding hydrogens is 445 g/mol. The number of unbranched alkanes of at least 4 members (excludes halogenated alkanes) is 1. The Balaban J connectivity index is 1.78. The minimum atomic E-state index is -4.40. The quantitative estimate of drug-likeness (QED) is 0.183. The Bertz CT molecular complexity index is 766. The average molecular weight is 475 g/mol. The summed E-state index contributed by atoms with van der Waals surface area (Å²) in [6, 6.07) is 5.03. The third-order valence-corrected chi connectivity index (χ3v) is 6.00. The van der Waals surface area contributed by atoms with E-state index in [0.29, 0.717) is 31.2 Å². The molecule has 0 radical (unpaired) electrons. The molecule has 8 heteroatoms. The fraction of sp³-hybridized carbons (Fsp3) is 0.542. The number of alkyl halides is 4. The van der Waals surface area contributed by atoms with Gasteiger partial charge >= 0.3 is 12.1 Å². The number of aliphatic hydroxyl groups excluding tert-OH is 1. The molecular formula is C24H30ClF3O4. The summed E-state index contributed by atoms with van der Waals surface area (Å²) in [5.74, 6) is -0.445. The molecule has 4 nitrogen and oxygen atoms in total. The van der Waals surface area contributed by atoms with Crippen molar-refractivity contribution < 1.29 is 32.5 Å². The van der Waals surface area contributed by atoms with Crippen molar-refractivity contribution in [2.24, 2.45) is 11.8 Å². The fourth-order valence-electron chi connectivity index (χ4n) is 3.80. The molecule has 1 aliphatic rings. The van der Waals surface area contributed by atoms with Crippen LogP contribution in [0.4, 0.5) is 13.2 Å².